The molecule has 0 spiro atoms. The highest BCUT2D eigenvalue weighted by molar-refractivity contribution is 6.31. The Labute approximate surface area is 131 Å². The highest BCUT2D eigenvalue weighted by Crippen LogP contribution is 2.30. The first-order chi connectivity index (χ1) is 10.2. The molecule has 1 N–H and O–H groups in total. The molecule has 3 heteroatoms. The van der Waals surface area contributed by atoms with Gasteiger partial charge in [-0.05, 0) is 42.1 Å². The zero-order chi connectivity index (χ0) is 15.2. The molecule has 0 aliphatic carbocycles. The molecule has 0 aliphatic rings. The van der Waals surface area contributed by atoms with Gasteiger partial charge in [0.05, 0.1) is 11.1 Å². The first-order valence-corrected chi connectivity index (χ1v) is 7.81. The second-order valence-electron chi connectivity index (χ2n) is 5.13. The Morgan fingerprint density at radius 1 is 1.14 bits per heavy atom. The highest BCUT2D eigenvalue weighted by atomic mass is 35.5. The molecule has 1 nitrogen and oxygen atoms in total. The van der Waals surface area contributed by atoms with Crippen LogP contribution in [0.1, 0.15) is 43.0 Å². The van der Waals surface area contributed by atoms with Gasteiger partial charge in [-0.25, -0.2) is 4.39 Å². The smallest absolute Gasteiger partial charge is 0.142 e. The molecule has 112 valence electrons. The Bertz CT molecular complexity index is 598. The number of halogens is 2. The van der Waals surface area contributed by atoms with Crippen molar-refractivity contribution in [1.29, 1.82) is 0 Å². The van der Waals surface area contributed by atoms with Crippen molar-refractivity contribution in [2.24, 2.45) is 0 Å². The van der Waals surface area contributed by atoms with Crippen molar-refractivity contribution in [3.8, 4) is 0 Å². The van der Waals surface area contributed by atoms with Gasteiger partial charge in [-0.2, -0.15) is 0 Å². The van der Waals surface area contributed by atoms with Crippen LogP contribution in [0.15, 0.2) is 42.5 Å². The second-order valence-corrected chi connectivity index (χ2v) is 5.51. The molecule has 0 heterocycles. The van der Waals surface area contributed by atoms with Crippen molar-refractivity contribution < 1.29 is 4.39 Å². The number of benzene rings is 2. The predicted octanol–water partition coefficient (Wildman–Crippen LogP) is 5.13. The van der Waals surface area contributed by atoms with Crippen LogP contribution in [0.25, 0.3) is 0 Å². The average molecular weight is 306 g/mol. The average Bonchev–Trinajstić information content (AvgIpc) is 2.52. The van der Waals surface area contributed by atoms with E-state index in [9.17, 15) is 4.39 Å². The standard InChI is InChI=1S/C18H21ClFN/c1-3-11-21-18(14-8-5-7-13(4-2)12-14)15-9-6-10-16(20)17(15)19/h5-10,12,18,21H,3-4,11H2,1-2H3. The molecule has 1 unspecified atom stereocenters. The van der Waals surface area contributed by atoms with E-state index < -0.39 is 0 Å². The topological polar surface area (TPSA) is 12.0 Å². The third kappa shape index (κ3) is 3.84. The number of aryl methyl sites for hydroxylation is 1. The van der Waals surface area contributed by atoms with E-state index in [-0.39, 0.29) is 16.9 Å². The molecule has 0 aromatic heterocycles. The van der Waals surface area contributed by atoms with Crippen molar-refractivity contribution in [2.75, 3.05) is 6.54 Å². The van der Waals surface area contributed by atoms with E-state index >= 15 is 0 Å². The summed E-state index contributed by atoms with van der Waals surface area (Å²) in [4.78, 5) is 0. The van der Waals surface area contributed by atoms with Crippen LogP contribution in [0.3, 0.4) is 0 Å². The molecule has 0 amide bonds. The molecule has 0 saturated heterocycles. The summed E-state index contributed by atoms with van der Waals surface area (Å²) in [5.41, 5.74) is 3.18. The van der Waals surface area contributed by atoms with Gasteiger partial charge in [-0.1, -0.05) is 61.8 Å². The Hall–Kier alpha value is -1.38. The van der Waals surface area contributed by atoms with Gasteiger partial charge in [0.15, 0.2) is 0 Å². The van der Waals surface area contributed by atoms with Gasteiger partial charge in [0.2, 0.25) is 0 Å². The lowest BCUT2D eigenvalue weighted by atomic mass is 9.96. The van der Waals surface area contributed by atoms with Crippen LogP contribution in [-0.2, 0) is 6.42 Å². The van der Waals surface area contributed by atoms with Crippen LogP contribution in [0.5, 0.6) is 0 Å². The fraction of sp³-hybridized carbons (Fsp3) is 0.333. The fourth-order valence-electron chi connectivity index (χ4n) is 2.43. The Morgan fingerprint density at radius 2 is 1.90 bits per heavy atom. The summed E-state index contributed by atoms with van der Waals surface area (Å²) in [7, 11) is 0. The molecule has 2 rings (SSSR count). The van der Waals surface area contributed by atoms with Gasteiger partial charge in [0.25, 0.3) is 0 Å². The minimum Gasteiger partial charge on any atom is -0.306 e. The summed E-state index contributed by atoms with van der Waals surface area (Å²) in [5, 5.41) is 3.67. The van der Waals surface area contributed by atoms with Crippen LogP contribution < -0.4 is 5.32 Å². The van der Waals surface area contributed by atoms with E-state index in [1.165, 1.54) is 11.6 Å². The highest BCUT2D eigenvalue weighted by Gasteiger charge is 2.18. The van der Waals surface area contributed by atoms with Gasteiger partial charge in [0.1, 0.15) is 5.82 Å². The normalized spacial score (nSPS) is 12.4. The molecule has 0 aliphatic heterocycles. The van der Waals surface area contributed by atoms with Crippen molar-refractivity contribution in [2.45, 2.75) is 32.7 Å². The van der Waals surface area contributed by atoms with Crippen molar-refractivity contribution in [1.82, 2.24) is 5.32 Å². The van der Waals surface area contributed by atoms with E-state index in [0.717, 1.165) is 30.5 Å². The maximum absolute atomic E-state index is 13.8. The molecular formula is C18H21ClFN. The second kappa shape index (κ2) is 7.58. The van der Waals surface area contributed by atoms with Crippen molar-refractivity contribution >= 4 is 11.6 Å². The van der Waals surface area contributed by atoms with Crippen molar-refractivity contribution in [3.63, 3.8) is 0 Å². The number of hydrogen-bond acceptors (Lipinski definition) is 1. The molecule has 2 aromatic carbocycles. The first kappa shape index (κ1) is 16.0. The summed E-state index contributed by atoms with van der Waals surface area (Å²) in [6.07, 6.45) is 1.99. The lowest BCUT2D eigenvalue weighted by molar-refractivity contribution is 0.585. The molecule has 2 aromatic rings. The largest absolute Gasteiger partial charge is 0.306 e. The number of nitrogens with one attached hydrogen (secondary N) is 1. The lowest BCUT2D eigenvalue weighted by Crippen LogP contribution is -2.23. The third-order valence-corrected chi connectivity index (χ3v) is 3.98. The van der Waals surface area contributed by atoms with E-state index in [1.807, 2.05) is 12.1 Å². The predicted molar refractivity (Wildman–Crippen MR) is 87.4 cm³/mol. The zero-order valence-electron chi connectivity index (χ0n) is 12.5. The zero-order valence-corrected chi connectivity index (χ0v) is 13.3. The molecule has 0 bridgehead atoms. The molecule has 1 atom stereocenters. The van der Waals surface area contributed by atoms with Gasteiger partial charge in [-0.15, -0.1) is 0 Å². The lowest BCUT2D eigenvalue weighted by Gasteiger charge is -2.21. The van der Waals surface area contributed by atoms with Gasteiger partial charge in [0, 0.05) is 0 Å². The minimum absolute atomic E-state index is 0.0837. The van der Waals surface area contributed by atoms with E-state index in [1.54, 1.807) is 6.07 Å². The Balaban J connectivity index is 2.44. The molecule has 21 heavy (non-hydrogen) atoms. The van der Waals surface area contributed by atoms with Crippen LogP contribution in [-0.4, -0.2) is 6.54 Å². The monoisotopic (exact) mass is 305 g/mol. The van der Waals surface area contributed by atoms with Crippen LogP contribution in [0.2, 0.25) is 5.02 Å². The molecule has 0 fully saturated rings. The number of hydrogen-bond donors (Lipinski definition) is 1. The SMILES string of the molecule is CCCNC(c1cccc(CC)c1)c1cccc(F)c1Cl. The molecule has 0 saturated carbocycles. The van der Waals surface area contributed by atoms with E-state index in [2.05, 4.69) is 37.4 Å². The van der Waals surface area contributed by atoms with Crippen LogP contribution in [0, 0.1) is 5.82 Å². The van der Waals surface area contributed by atoms with Crippen LogP contribution in [0.4, 0.5) is 4.39 Å². The van der Waals surface area contributed by atoms with Gasteiger partial charge in [-0.3, -0.25) is 0 Å². The fourth-order valence-corrected chi connectivity index (χ4v) is 2.67. The summed E-state index contributed by atoms with van der Waals surface area (Å²) < 4.78 is 13.8. The summed E-state index contributed by atoms with van der Waals surface area (Å²) in [6, 6.07) is 13.3. The minimum atomic E-state index is -0.371. The Morgan fingerprint density at radius 3 is 2.62 bits per heavy atom. The van der Waals surface area contributed by atoms with Gasteiger partial charge >= 0.3 is 0 Å². The summed E-state index contributed by atoms with van der Waals surface area (Å²) in [6.45, 7) is 5.09. The van der Waals surface area contributed by atoms with Gasteiger partial charge < -0.3 is 5.32 Å². The summed E-state index contributed by atoms with van der Waals surface area (Å²) >= 11 is 6.18. The third-order valence-electron chi connectivity index (χ3n) is 3.58. The maximum atomic E-state index is 13.8. The molecule has 0 radical (unpaired) electrons. The van der Waals surface area contributed by atoms with E-state index in [4.69, 9.17) is 11.6 Å². The Kier molecular flexibility index (Phi) is 5.77. The van der Waals surface area contributed by atoms with Crippen molar-refractivity contribution in [3.05, 3.63) is 70.0 Å². The maximum Gasteiger partial charge on any atom is 0.142 e. The first-order valence-electron chi connectivity index (χ1n) is 7.43. The van der Waals surface area contributed by atoms with E-state index in [0.29, 0.717) is 0 Å². The van der Waals surface area contributed by atoms with Crippen LogP contribution >= 0.6 is 11.6 Å². The quantitative estimate of drug-likeness (QED) is 0.780. The number of rotatable bonds is 6. The summed E-state index contributed by atoms with van der Waals surface area (Å²) in [5.74, 6) is -0.371. The molecular weight excluding hydrogens is 285 g/mol.